The van der Waals surface area contributed by atoms with Crippen LogP contribution in [0.4, 0.5) is 0 Å². The van der Waals surface area contributed by atoms with Gasteiger partial charge in [-0.25, -0.2) is 4.98 Å². The zero-order valence-corrected chi connectivity index (χ0v) is 10.4. The predicted molar refractivity (Wildman–Crippen MR) is 70.5 cm³/mol. The highest BCUT2D eigenvalue weighted by atomic mass is 35.5. The summed E-state index contributed by atoms with van der Waals surface area (Å²) in [5, 5.41) is 13.7. The molecule has 3 rings (SSSR count). The lowest BCUT2D eigenvalue weighted by Gasteiger charge is -1.97. The molecule has 4 heteroatoms. The molecule has 0 unspecified atom stereocenters. The van der Waals surface area contributed by atoms with Crippen molar-refractivity contribution in [3.05, 3.63) is 35.5 Å². The Hall–Kier alpha value is -1.32. The number of aromatic hydroxyl groups is 1. The molecule has 1 heterocycles. The van der Waals surface area contributed by atoms with E-state index in [9.17, 15) is 0 Å². The lowest BCUT2D eigenvalue weighted by Crippen LogP contribution is -2.06. The maximum Gasteiger partial charge on any atom is 0.129 e. The summed E-state index contributed by atoms with van der Waals surface area (Å²) in [5.41, 5.74) is 0.711. The van der Waals surface area contributed by atoms with Crippen LogP contribution in [-0.2, 0) is 0 Å². The van der Waals surface area contributed by atoms with Crippen molar-refractivity contribution in [1.29, 1.82) is 0 Å². The van der Waals surface area contributed by atoms with Crippen LogP contribution in [0, 0.1) is 0 Å². The minimum atomic E-state index is 0.206. The maximum absolute atomic E-state index is 9.14. The summed E-state index contributed by atoms with van der Waals surface area (Å²) < 4.78 is 0. The Morgan fingerprint density at radius 2 is 2.00 bits per heavy atom. The molecule has 1 fully saturated rings. The van der Waals surface area contributed by atoms with Crippen molar-refractivity contribution in [1.82, 2.24) is 10.3 Å². The van der Waals surface area contributed by atoms with Crippen molar-refractivity contribution in [3.63, 3.8) is 0 Å². The van der Waals surface area contributed by atoms with Crippen LogP contribution in [0.3, 0.4) is 0 Å². The number of nitrogens with zero attached hydrogens (tertiary/aromatic N) is 1. The van der Waals surface area contributed by atoms with E-state index in [1.807, 2.05) is 13.1 Å². The van der Waals surface area contributed by atoms with Crippen LogP contribution >= 0.6 is 11.6 Å². The molecule has 1 aromatic carbocycles. The number of aromatic nitrogens is 1. The molecule has 1 aromatic heterocycles. The molecule has 1 saturated carbocycles. The van der Waals surface area contributed by atoms with Crippen LogP contribution in [0.2, 0.25) is 5.15 Å². The van der Waals surface area contributed by atoms with Crippen molar-refractivity contribution in [3.8, 4) is 5.75 Å². The summed E-state index contributed by atoms with van der Waals surface area (Å²) in [4.78, 5) is 4.04. The molecule has 1 aliphatic rings. The number of hydrogen-bond donors (Lipinski definition) is 2. The fourth-order valence-corrected chi connectivity index (χ4v) is 1.61. The van der Waals surface area contributed by atoms with E-state index in [2.05, 4.69) is 10.3 Å². The standard InChI is InChI=1S/C9H6ClNO.C4H9N/c10-9-4-2-6-1-3-7(12)5-8(6)11-9;1-5-4-2-3-4/h1-5,12H;4-5H,2-3H2,1H3. The monoisotopic (exact) mass is 250 g/mol. The quantitative estimate of drug-likeness (QED) is 0.765. The molecular formula is C13H15ClN2O. The number of hydrogen-bond acceptors (Lipinski definition) is 3. The lowest BCUT2D eigenvalue weighted by molar-refractivity contribution is 0.476. The van der Waals surface area contributed by atoms with Gasteiger partial charge in [0.05, 0.1) is 5.52 Å². The van der Waals surface area contributed by atoms with E-state index in [0.717, 1.165) is 11.4 Å². The average molecular weight is 251 g/mol. The van der Waals surface area contributed by atoms with Gasteiger partial charge < -0.3 is 10.4 Å². The number of phenols is 1. The third kappa shape index (κ3) is 3.58. The zero-order chi connectivity index (χ0) is 12.3. The Morgan fingerprint density at radius 1 is 1.29 bits per heavy atom. The van der Waals surface area contributed by atoms with Gasteiger partial charge in [0.1, 0.15) is 10.9 Å². The molecule has 17 heavy (non-hydrogen) atoms. The van der Waals surface area contributed by atoms with Crippen LogP contribution in [0.1, 0.15) is 12.8 Å². The molecule has 0 aliphatic heterocycles. The summed E-state index contributed by atoms with van der Waals surface area (Å²) >= 11 is 5.68. The number of rotatable bonds is 1. The van der Waals surface area contributed by atoms with Crippen molar-refractivity contribution < 1.29 is 5.11 Å². The largest absolute Gasteiger partial charge is 0.508 e. The molecule has 2 N–H and O–H groups in total. The molecule has 2 aromatic rings. The summed E-state index contributed by atoms with van der Waals surface area (Å²) in [7, 11) is 2.01. The van der Waals surface area contributed by atoms with Crippen LogP contribution in [0.15, 0.2) is 30.3 Å². The molecule has 0 spiro atoms. The van der Waals surface area contributed by atoms with E-state index in [-0.39, 0.29) is 5.75 Å². The Bertz CT molecular complexity index is 475. The fraction of sp³-hybridized carbons (Fsp3) is 0.308. The Balaban J connectivity index is 0.000000181. The minimum absolute atomic E-state index is 0.206. The summed E-state index contributed by atoms with van der Waals surface area (Å²) in [6.45, 7) is 0. The number of pyridine rings is 1. The highest BCUT2D eigenvalue weighted by Crippen LogP contribution is 2.19. The smallest absolute Gasteiger partial charge is 0.129 e. The summed E-state index contributed by atoms with van der Waals surface area (Å²) in [6.07, 6.45) is 2.80. The van der Waals surface area contributed by atoms with E-state index in [4.69, 9.17) is 16.7 Å². The van der Waals surface area contributed by atoms with Gasteiger partial charge in [0.15, 0.2) is 0 Å². The molecular weight excluding hydrogens is 236 g/mol. The van der Waals surface area contributed by atoms with E-state index in [1.165, 1.54) is 12.8 Å². The fourth-order valence-electron chi connectivity index (χ4n) is 1.45. The molecule has 0 radical (unpaired) electrons. The highest BCUT2D eigenvalue weighted by Gasteiger charge is 2.17. The molecule has 1 aliphatic carbocycles. The van der Waals surface area contributed by atoms with Gasteiger partial charge in [-0.15, -0.1) is 0 Å². The van der Waals surface area contributed by atoms with Gasteiger partial charge in [-0.2, -0.15) is 0 Å². The first-order valence-electron chi connectivity index (χ1n) is 5.61. The Morgan fingerprint density at radius 3 is 2.59 bits per heavy atom. The van der Waals surface area contributed by atoms with E-state index in [1.54, 1.807) is 24.3 Å². The van der Waals surface area contributed by atoms with Crippen molar-refractivity contribution >= 4 is 22.5 Å². The molecule has 0 atom stereocenters. The van der Waals surface area contributed by atoms with Crippen molar-refractivity contribution in [2.24, 2.45) is 0 Å². The Labute approximate surface area is 105 Å². The van der Waals surface area contributed by atoms with Crippen LogP contribution in [-0.4, -0.2) is 23.2 Å². The average Bonchev–Trinajstić information content (AvgIpc) is 3.12. The SMILES string of the molecule is CNC1CC1.Oc1ccc2ccc(Cl)nc2c1. The predicted octanol–water partition coefficient (Wildman–Crippen LogP) is 2.96. The van der Waals surface area contributed by atoms with E-state index in [0.29, 0.717) is 10.7 Å². The van der Waals surface area contributed by atoms with Gasteiger partial charge in [-0.05, 0) is 44.2 Å². The normalized spacial score (nSPS) is 14.2. The first-order valence-corrected chi connectivity index (χ1v) is 5.99. The third-order valence-corrected chi connectivity index (χ3v) is 2.84. The highest BCUT2D eigenvalue weighted by molar-refractivity contribution is 6.29. The third-order valence-electron chi connectivity index (χ3n) is 2.63. The van der Waals surface area contributed by atoms with Crippen LogP contribution < -0.4 is 5.32 Å². The van der Waals surface area contributed by atoms with Gasteiger partial charge in [-0.3, -0.25) is 0 Å². The van der Waals surface area contributed by atoms with Crippen LogP contribution in [0.25, 0.3) is 10.9 Å². The number of halogens is 1. The topological polar surface area (TPSA) is 45.1 Å². The molecule has 3 nitrogen and oxygen atoms in total. The maximum atomic E-state index is 9.14. The van der Waals surface area contributed by atoms with E-state index >= 15 is 0 Å². The van der Waals surface area contributed by atoms with Gasteiger partial charge in [0.25, 0.3) is 0 Å². The van der Waals surface area contributed by atoms with Crippen molar-refractivity contribution in [2.45, 2.75) is 18.9 Å². The van der Waals surface area contributed by atoms with Gasteiger partial charge in [0, 0.05) is 17.5 Å². The Kier molecular flexibility index (Phi) is 3.82. The molecule has 0 saturated heterocycles. The summed E-state index contributed by atoms with van der Waals surface area (Å²) in [6, 6.07) is 9.48. The first-order chi connectivity index (χ1) is 8.19. The lowest BCUT2D eigenvalue weighted by atomic mass is 10.2. The minimum Gasteiger partial charge on any atom is -0.508 e. The molecule has 0 amide bonds. The summed E-state index contributed by atoms with van der Waals surface area (Å²) in [5.74, 6) is 0.206. The first kappa shape index (κ1) is 12.1. The second-order valence-corrected chi connectivity index (χ2v) is 4.46. The number of phenolic OH excluding ortho intramolecular Hbond substituents is 1. The van der Waals surface area contributed by atoms with E-state index < -0.39 is 0 Å². The van der Waals surface area contributed by atoms with Crippen molar-refractivity contribution in [2.75, 3.05) is 7.05 Å². The zero-order valence-electron chi connectivity index (χ0n) is 9.65. The number of fused-ring (bicyclic) bond motifs is 1. The van der Waals surface area contributed by atoms with Gasteiger partial charge in [-0.1, -0.05) is 11.6 Å². The number of nitrogens with one attached hydrogen (secondary N) is 1. The van der Waals surface area contributed by atoms with Crippen LogP contribution in [0.5, 0.6) is 5.75 Å². The van der Waals surface area contributed by atoms with Gasteiger partial charge >= 0.3 is 0 Å². The molecule has 0 bridgehead atoms. The van der Waals surface area contributed by atoms with Gasteiger partial charge in [0.2, 0.25) is 0 Å². The molecule has 90 valence electrons. The second-order valence-electron chi connectivity index (χ2n) is 4.07. The second kappa shape index (κ2) is 5.34. The number of benzene rings is 1.